The third kappa shape index (κ3) is 3.17. The van der Waals surface area contributed by atoms with Crippen LogP contribution >= 0.6 is 11.3 Å². The molecule has 1 heterocycles. The van der Waals surface area contributed by atoms with Gasteiger partial charge in [0.1, 0.15) is 0 Å². The first kappa shape index (κ1) is 13.9. The summed E-state index contributed by atoms with van der Waals surface area (Å²) in [5, 5.41) is 6.58. The van der Waals surface area contributed by atoms with Gasteiger partial charge in [-0.1, -0.05) is 0 Å². The maximum atomic E-state index is 12.3. The van der Waals surface area contributed by atoms with E-state index in [0.717, 1.165) is 6.20 Å². The number of hydrogen-bond acceptors (Lipinski definition) is 5. The molecule has 17 heavy (non-hydrogen) atoms. The van der Waals surface area contributed by atoms with E-state index >= 15 is 0 Å². The molecule has 2 unspecified atom stereocenters. The minimum absolute atomic E-state index is 0.198. The van der Waals surface area contributed by atoms with Crippen LogP contribution in [0, 0.1) is 11.5 Å². The van der Waals surface area contributed by atoms with Crippen molar-refractivity contribution in [1.29, 1.82) is 5.26 Å². The van der Waals surface area contributed by atoms with Crippen molar-refractivity contribution in [2.75, 3.05) is 6.26 Å². The third-order valence-electron chi connectivity index (χ3n) is 2.04. The SMILES string of the molecule is CC(c1cnc(C(F)(F)F)s1)S(C)(=O)=NC#N. The Bertz CT molecular complexity index is 563. The van der Waals surface area contributed by atoms with Crippen molar-refractivity contribution in [3.8, 4) is 6.19 Å². The molecule has 0 fully saturated rings. The van der Waals surface area contributed by atoms with Crippen molar-refractivity contribution in [3.63, 3.8) is 0 Å². The Balaban J connectivity index is 3.13. The van der Waals surface area contributed by atoms with Crippen LogP contribution in [0.3, 0.4) is 0 Å². The first-order valence-corrected chi connectivity index (χ1v) is 7.10. The molecule has 0 saturated heterocycles. The Morgan fingerprint density at radius 1 is 1.65 bits per heavy atom. The van der Waals surface area contributed by atoms with Crippen molar-refractivity contribution >= 4 is 21.1 Å². The predicted molar refractivity (Wildman–Crippen MR) is 57.6 cm³/mol. The van der Waals surface area contributed by atoms with Gasteiger partial charge < -0.3 is 0 Å². The topological polar surface area (TPSA) is 66.1 Å². The van der Waals surface area contributed by atoms with Gasteiger partial charge >= 0.3 is 6.18 Å². The molecule has 1 rings (SSSR count). The molecular formula is C8H8F3N3OS2. The average molecular weight is 283 g/mol. The molecule has 4 nitrogen and oxygen atoms in total. The molecule has 0 saturated carbocycles. The van der Waals surface area contributed by atoms with E-state index < -0.39 is 26.2 Å². The van der Waals surface area contributed by atoms with Gasteiger partial charge in [-0.3, -0.25) is 0 Å². The summed E-state index contributed by atoms with van der Waals surface area (Å²) in [6.07, 6.45) is -0.851. The highest BCUT2D eigenvalue weighted by Gasteiger charge is 2.35. The highest BCUT2D eigenvalue weighted by molar-refractivity contribution is 7.93. The Morgan fingerprint density at radius 3 is 2.65 bits per heavy atom. The summed E-state index contributed by atoms with van der Waals surface area (Å²) >= 11 is 0.416. The number of thiazole rings is 1. The number of alkyl halides is 3. The monoisotopic (exact) mass is 283 g/mol. The second-order valence-electron chi connectivity index (χ2n) is 3.26. The van der Waals surface area contributed by atoms with Crippen molar-refractivity contribution in [1.82, 2.24) is 4.98 Å². The van der Waals surface area contributed by atoms with Gasteiger partial charge in [-0.25, -0.2) is 9.19 Å². The quantitative estimate of drug-likeness (QED) is 0.784. The summed E-state index contributed by atoms with van der Waals surface area (Å²) in [6, 6.07) is 0. The van der Waals surface area contributed by atoms with Gasteiger partial charge in [-0.15, -0.1) is 15.7 Å². The predicted octanol–water partition coefficient (Wildman–Crippen LogP) is 2.80. The molecular weight excluding hydrogens is 275 g/mol. The lowest BCUT2D eigenvalue weighted by Crippen LogP contribution is -2.06. The number of hydrogen-bond donors (Lipinski definition) is 0. The largest absolute Gasteiger partial charge is 0.443 e. The zero-order valence-corrected chi connectivity index (χ0v) is 10.5. The number of nitrogens with zero attached hydrogens (tertiary/aromatic N) is 3. The van der Waals surface area contributed by atoms with E-state index in [0.29, 0.717) is 11.3 Å². The smallest absolute Gasteiger partial charge is 0.248 e. The van der Waals surface area contributed by atoms with E-state index in [1.165, 1.54) is 19.4 Å². The molecule has 0 amide bonds. The minimum Gasteiger partial charge on any atom is -0.248 e. The van der Waals surface area contributed by atoms with Gasteiger partial charge in [0.25, 0.3) is 0 Å². The lowest BCUT2D eigenvalue weighted by molar-refractivity contribution is -0.137. The van der Waals surface area contributed by atoms with Crippen LogP contribution in [0.5, 0.6) is 0 Å². The molecule has 2 atom stereocenters. The first-order chi connectivity index (χ1) is 7.68. The van der Waals surface area contributed by atoms with Crippen LogP contribution in [0.4, 0.5) is 13.2 Å². The average Bonchev–Trinajstić information content (AvgIpc) is 2.64. The molecule has 1 aromatic rings. The van der Waals surface area contributed by atoms with E-state index in [1.54, 1.807) is 0 Å². The number of rotatable bonds is 2. The molecule has 0 radical (unpaired) electrons. The third-order valence-corrected chi connectivity index (χ3v) is 5.43. The molecule has 0 spiro atoms. The van der Waals surface area contributed by atoms with E-state index in [-0.39, 0.29) is 4.88 Å². The van der Waals surface area contributed by atoms with Gasteiger partial charge in [-0.2, -0.15) is 18.4 Å². The summed E-state index contributed by atoms with van der Waals surface area (Å²) in [5.41, 5.74) is 0. The molecule has 0 N–H and O–H groups in total. The fourth-order valence-corrected chi connectivity index (χ4v) is 3.19. The molecule has 0 bridgehead atoms. The zero-order valence-electron chi connectivity index (χ0n) is 8.85. The van der Waals surface area contributed by atoms with Gasteiger partial charge in [0, 0.05) is 17.3 Å². The molecule has 0 aliphatic heterocycles. The fraction of sp³-hybridized carbons (Fsp3) is 0.500. The van der Waals surface area contributed by atoms with Crippen LogP contribution in [-0.2, 0) is 15.9 Å². The minimum atomic E-state index is -4.51. The first-order valence-electron chi connectivity index (χ1n) is 4.30. The molecule has 0 aromatic carbocycles. The zero-order chi connectivity index (χ0) is 13.3. The maximum absolute atomic E-state index is 12.3. The molecule has 9 heteroatoms. The summed E-state index contributed by atoms with van der Waals surface area (Å²) in [6.45, 7) is 1.46. The van der Waals surface area contributed by atoms with Gasteiger partial charge in [0.15, 0.2) is 5.01 Å². The van der Waals surface area contributed by atoms with Gasteiger partial charge in [0.05, 0.1) is 15.0 Å². The number of halogens is 3. The lowest BCUT2D eigenvalue weighted by atomic mass is 10.4. The van der Waals surface area contributed by atoms with Crippen molar-refractivity contribution in [3.05, 3.63) is 16.1 Å². The fourth-order valence-electron chi connectivity index (χ4n) is 0.981. The Kier molecular flexibility index (Phi) is 3.78. The van der Waals surface area contributed by atoms with Crippen molar-refractivity contribution in [2.45, 2.75) is 18.3 Å². The van der Waals surface area contributed by atoms with Crippen LogP contribution in [-0.4, -0.2) is 15.4 Å². The highest BCUT2D eigenvalue weighted by Crippen LogP contribution is 2.36. The summed E-state index contributed by atoms with van der Waals surface area (Å²) in [5.74, 6) is 0. The van der Waals surface area contributed by atoms with Gasteiger partial charge in [-0.05, 0) is 6.92 Å². The molecule has 0 aliphatic rings. The van der Waals surface area contributed by atoms with Crippen molar-refractivity contribution < 1.29 is 17.4 Å². The summed E-state index contributed by atoms with van der Waals surface area (Å²) < 4.78 is 52.0. The van der Waals surface area contributed by atoms with E-state index in [9.17, 15) is 17.4 Å². The lowest BCUT2D eigenvalue weighted by Gasteiger charge is -2.08. The number of aromatic nitrogens is 1. The Hall–Kier alpha value is -1.14. The van der Waals surface area contributed by atoms with Crippen LogP contribution in [0.1, 0.15) is 22.1 Å². The van der Waals surface area contributed by atoms with Crippen LogP contribution < -0.4 is 0 Å². The van der Waals surface area contributed by atoms with Gasteiger partial charge in [0.2, 0.25) is 6.19 Å². The van der Waals surface area contributed by atoms with Crippen molar-refractivity contribution in [2.24, 2.45) is 4.36 Å². The maximum Gasteiger partial charge on any atom is 0.443 e. The molecule has 94 valence electrons. The van der Waals surface area contributed by atoms with Crippen LogP contribution in [0.2, 0.25) is 0 Å². The number of nitriles is 1. The standard InChI is InChI=1S/C8H8F3N3OS2/c1-5(17(2,15)14-4-12)6-3-13-7(16-6)8(9,10)11/h3,5H,1-2H3. The second-order valence-corrected chi connectivity index (χ2v) is 6.93. The summed E-state index contributed by atoms with van der Waals surface area (Å²) in [4.78, 5) is 3.42. The van der Waals surface area contributed by atoms with Crippen LogP contribution in [0.15, 0.2) is 10.6 Å². The van der Waals surface area contributed by atoms with E-state index in [4.69, 9.17) is 5.26 Å². The Morgan fingerprint density at radius 2 is 2.24 bits per heavy atom. The van der Waals surface area contributed by atoms with E-state index in [2.05, 4.69) is 9.35 Å². The summed E-state index contributed by atoms with van der Waals surface area (Å²) in [7, 11) is -2.88. The second kappa shape index (κ2) is 4.62. The van der Waals surface area contributed by atoms with E-state index in [1.807, 2.05) is 0 Å². The normalized spacial score (nSPS) is 16.9. The highest BCUT2D eigenvalue weighted by atomic mass is 32.2. The van der Waals surface area contributed by atoms with Crippen LogP contribution in [0.25, 0.3) is 0 Å². The Labute approximate surface area is 100 Å². The molecule has 1 aromatic heterocycles. The molecule has 0 aliphatic carbocycles.